The van der Waals surface area contributed by atoms with Crippen LogP contribution in [0, 0.1) is 5.92 Å². The van der Waals surface area contributed by atoms with Crippen molar-refractivity contribution < 1.29 is 41.7 Å². The number of rotatable bonds is 17. The van der Waals surface area contributed by atoms with Gasteiger partial charge in [0.05, 0.1) is 72.2 Å². The molecule has 0 N–H and O–H groups in total. The zero-order valence-electron chi connectivity index (χ0n) is 51.0. The summed E-state index contributed by atoms with van der Waals surface area (Å²) in [6, 6.07) is 32.5. The lowest BCUT2D eigenvalue weighted by molar-refractivity contribution is -0.272. The molecule has 0 amide bonds. The highest BCUT2D eigenvalue weighted by Gasteiger charge is 2.61. The van der Waals surface area contributed by atoms with Gasteiger partial charge in [-0.05, 0) is 142 Å². The Balaban J connectivity index is 0.999. The lowest BCUT2D eigenvalue weighted by atomic mass is 9.79. The van der Waals surface area contributed by atoms with Gasteiger partial charge in [0.1, 0.15) is 6.10 Å². The molecule has 5 fully saturated rings. The molecule has 5 saturated heterocycles. The van der Waals surface area contributed by atoms with E-state index in [9.17, 15) is 0 Å². The number of hydrogen-bond acceptors (Lipinski definition) is 9. The second kappa shape index (κ2) is 23.7. The van der Waals surface area contributed by atoms with Crippen molar-refractivity contribution in [2.24, 2.45) is 5.92 Å². The molecular formula is C65H104O9Si3. The van der Waals surface area contributed by atoms with Gasteiger partial charge in [-0.15, -0.1) is 0 Å². The number of ether oxygens (including phenoxy) is 6. The Bertz CT molecular complexity index is 2290. The lowest BCUT2D eigenvalue weighted by Gasteiger charge is -2.50. The predicted molar refractivity (Wildman–Crippen MR) is 321 cm³/mol. The molecule has 12 heteroatoms. The second-order valence-corrected chi connectivity index (χ2v) is 42.8. The van der Waals surface area contributed by atoms with Crippen LogP contribution in [-0.2, 0) is 48.3 Å². The molecule has 0 saturated carbocycles. The van der Waals surface area contributed by atoms with Gasteiger partial charge < -0.3 is 41.7 Å². The monoisotopic (exact) mass is 1110 g/mol. The molecule has 0 spiro atoms. The van der Waals surface area contributed by atoms with Crippen LogP contribution >= 0.6 is 0 Å². The molecule has 0 aromatic heterocycles. The van der Waals surface area contributed by atoms with Gasteiger partial charge in [0.15, 0.2) is 16.6 Å². The minimum Gasteiger partial charge on any atom is -0.411 e. The van der Waals surface area contributed by atoms with Crippen LogP contribution in [0.25, 0.3) is 0 Å². The molecule has 5 heterocycles. The van der Waals surface area contributed by atoms with Gasteiger partial charge >= 0.3 is 0 Å². The molecule has 9 nitrogen and oxygen atoms in total. The molecule has 0 radical (unpaired) electrons. The van der Waals surface area contributed by atoms with Crippen LogP contribution in [0.4, 0.5) is 0 Å². The lowest BCUT2D eigenvalue weighted by Crippen LogP contribution is -2.66. The zero-order chi connectivity index (χ0) is 55.9. The van der Waals surface area contributed by atoms with Crippen LogP contribution < -0.4 is 10.4 Å². The Morgan fingerprint density at radius 2 is 1.13 bits per heavy atom. The maximum atomic E-state index is 7.65. The molecule has 5 aliphatic rings. The van der Waals surface area contributed by atoms with Crippen LogP contribution in [-0.4, -0.2) is 110 Å². The maximum absolute atomic E-state index is 7.65. The quantitative estimate of drug-likeness (QED) is 0.0969. The van der Waals surface area contributed by atoms with Gasteiger partial charge in [-0.25, -0.2) is 0 Å². The van der Waals surface area contributed by atoms with E-state index in [4.69, 9.17) is 41.7 Å². The van der Waals surface area contributed by atoms with E-state index in [0.717, 1.165) is 64.2 Å². The largest absolute Gasteiger partial charge is 0.411 e. The number of hydrogen-bond donors (Lipinski definition) is 0. The van der Waals surface area contributed by atoms with Crippen LogP contribution in [0.3, 0.4) is 0 Å². The van der Waals surface area contributed by atoms with Gasteiger partial charge in [0.25, 0.3) is 8.32 Å². The summed E-state index contributed by atoms with van der Waals surface area (Å²) in [5, 5.41) is 2.63. The van der Waals surface area contributed by atoms with E-state index >= 15 is 0 Å². The molecule has 13 atom stereocenters. The van der Waals surface area contributed by atoms with Crippen molar-refractivity contribution >= 4 is 35.3 Å². The standard InChI is InChI=1S/C65H104O9Si3/c1-47-43-57-65(13,71-51(47)35-27-42-67-77(62(8,9)10,49-31-23-19-24-32-49)50-33-25-20-26-34-50)45-55(73-75(14,15)60(2,3)4)59-54(70-57)44-58-63(11,72-59)39-37-52-53(69-58)38-40-64(12,74-76(16,17)61(5,6)7)56(68-52)36-28-41-66-46-48-29-21-18-22-30-48/h18-26,29-34,47,51-59H,27-28,35-46H2,1-17H3/t47-,51-,52-,53+,54+,55-,56+,57-,58-,59+,63+,64+,65+/m0/s1. The first-order valence-corrected chi connectivity index (χ1v) is 37.8. The van der Waals surface area contributed by atoms with Crippen molar-refractivity contribution in [3.8, 4) is 0 Å². The fourth-order valence-electron chi connectivity index (χ4n) is 13.2. The molecule has 3 aromatic rings. The Kier molecular flexibility index (Phi) is 18.8. The Hall–Kier alpha value is -2.05. The molecule has 430 valence electrons. The predicted octanol–water partition coefficient (Wildman–Crippen LogP) is 14.5. The van der Waals surface area contributed by atoms with Crippen LogP contribution in [0.5, 0.6) is 0 Å². The van der Waals surface area contributed by atoms with E-state index in [0.29, 0.717) is 32.2 Å². The van der Waals surface area contributed by atoms with E-state index in [2.05, 4.69) is 207 Å². The van der Waals surface area contributed by atoms with Crippen molar-refractivity contribution in [1.29, 1.82) is 0 Å². The van der Waals surface area contributed by atoms with Gasteiger partial charge in [-0.2, -0.15) is 0 Å². The van der Waals surface area contributed by atoms with E-state index < -0.39 is 41.8 Å². The second-order valence-electron chi connectivity index (χ2n) is 29.0. The molecule has 0 bridgehead atoms. The Morgan fingerprint density at radius 1 is 0.584 bits per heavy atom. The fourth-order valence-corrected chi connectivity index (χ4v) is 20.9. The van der Waals surface area contributed by atoms with E-state index in [-0.39, 0.29) is 70.1 Å². The minimum atomic E-state index is -2.66. The third-order valence-electron chi connectivity index (χ3n) is 19.9. The molecular weight excluding hydrogens is 1010 g/mol. The summed E-state index contributed by atoms with van der Waals surface area (Å²) in [5.74, 6) is 0.302. The van der Waals surface area contributed by atoms with Gasteiger partial charge in [0.2, 0.25) is 0 Å². The van der Waals surface area contributed by atoms with E-state index in [1.165, 1.54) is 15.9 Å². The fraction of sp³-hybridized carbons (Fsp3) is 0.723. The third-order valence-corrected chi connectivity index (χ3v) is 34.1. The maximum Gasteiger partial charge on any atom is 0.261 e. The Morgan fingerprint density at radius 3 is 1.73 bits per heavy atom. The van der Waals surface area contributed by atoms with E-state index in [1.807, 2.05) is 0 Å². The topological polar surface area (TPSA) is 83.1 Å². The highest BCUT2D eigenvalue weighted by atomic mass is 28.4. The van der Waals surface area contributed by atoms with Crippen molar-refractivity contribution in [3.05, 3.63) is 96.6 Å². The summed E-state index contributed by atoms with van der Waals surface area (Å²) in [7, 11) is -7.12. The van der Waals surface area contributed by atoms with Crippen molar-refractivity contribution in [2.45, 2.75) is 280 Å². The summed E-state index contributed by atoms with van der Waals surface area (Å²) >= 11 is 0. The van der Waals surface area contributed by atoms with Crippen LogP contribution in [0.1, 0.15) is 166 Å². The normalized spacial score (nSPS) is 33.6. The third kappa shape index (κ3) is 13.4. The first kappa shape index (κ1) is 61.0. The summed E-state index contributed by atoms with van der Waals surface area (Å²) in [6.45, 7) is 41.9. The van der Waals surface area contributed by atoms with Gasteiger partial charge in [0, 0.05) is 26.1 Å². The first-order valence-electron chi connectivity index (χ1n) is 30.1. The summed E-state index contributed by atoms with van der Waals surface area (Å²) < 4.78 is 66.4. The zero-order valence-corrected chi connectivity index (χ0v) is 54.0. The summed E-state index contributed by atoms with van der Waals surface area (Å²) in [6.07, 6.45) is 8.24. The van der Waals surface area contributed by atoms with Gasteiger partial charge in [-0.1, -0.05) is 160 Å². The first-order chi connectivity index (χ1) is 36.0. The number of fused-ring (bicyclic) bond motifs is 4. The van der Waals surface area contributed by atoms with Gasteiger partial charge in [-0.3, -0.25) is 0 Å². The van der Waals surface area contributed by atoms with E-state index in [1.54, 1.807) is 0 Å². The Labute approximate surface area is 470 Å². The van der Waals surface area contributed by atoms with Crippen LogP contribution in [0.15, 0.2) is 91.0 Å². The molecule has 0 unspecified atom stereocenters. The summed E-state index contributed by atoms with van der Waals surface area (Å²) in [4.78, 5) is 0. The molecule has 8 rings (SSSR count). The highest BCUT2D eigenvalue weighted by molar-refractivity contribution is 6.99. The molecule has 77 heavy (non-hydrogen) atoms. The smallest absolute Gasteiger partial charge is 0.261 e. The highest BCUT2D eigenvalue weighted by Crippen LogP contribution is 2.52. The summed E-state index contributed by atoms with van der Waals surface area (Å²) in [5.41, 5.74) is -0.369. The molecule has 5 aliphatic heterocycles. The number of benzene rings is 3. The molecule has 3 aromatic carbocycles. The van der Waals surface area contributed by atoms with Crippen molar-refractivity contribution in [2.75, 3.05) is 13.2 Å². The van der Waals surface area contributed by atoms with Crippen molar-refractivity contribution in [1.82, 2.24) is 0 Å². The van der Waals surface area contributed by atoms with Crippen molar-refractivity contribution in [3.63, 3.8) is 0 Å². The SMILES string of the molecule is C[C@H]1C[C@@H]2O[C@@H]3C[C@@H]4O[C@@H]5CC[C@@](C)(O[Si](C)(C)C(C)(C)C)[C@@H](CCCOCc6ccccc6)O[C@H]5CC[C@@]4(C)O[C@H]3[C@@H](O[Si](C)(C)C(C)(C)C)C[C@@]2(C)O[C@H]1CCCO[Si](c1ccccc1)(c1ccccc1)C(C)(C)C. The average molecular weight is 1110 g/mol. The average Bonchev–Trinajstić information content (AvgIpc) is 3.64. The van der Waals surface area contributed by atoms with Crippen LogP contribution in [0.2, 0.25) is 41.3 Å². The minimum absolute atomic E-state index is 0.0109. The molecule has 0 aliphatic carbocycles.